The first-order valence-corrected chi connectivity index (χ1v) is 6.79. The Morgan fingerprint density at radius 3 is 2.78 bits per heavy atom. The Balaban J connectivity index is 2.62. The van der Waals surface area contributed by atoms with Gasteiger partial charge in [0.05, 0.1) is 6.54 Å². The molecule has 1 heterocycles. The molecule has 6 nitrogen and oxygen atoms in total. The molecule has 1 amide bonds. The lowest BCUT2D eigenvalue weighted by Crippen LogP contribution is -2.41. The molecule has 100 valence electrons. The van der Waals surface area contributed by atoms with Gasteiger partial charge < -0.3 is 20.6 Å². The molecule has 0 saturated carbocycles. The summed E-state index contributed by atoms with van der Waals surface area (Å²) < 4.78 is 5.14. The normalized spacial score (nSPS) is 12.1. The second kappa shape index (κ2) is 7.07. The zero-order valence-electron chi connectivity index (χ0n) is 10.0. The van der Waals surface area contributed by atoms with E-state index in [0.717, 1.165) is 0 Å². The smallest absolute Gasteiger partial charge is 0.326 e. The molecule has 4 N–H and O–H groups in total. The predicted octanol–water partition coefficient (Wildman–Crippen LogP) is 0.674. The van der Waals surface area contributed by atoms with Crippen LogP contribution in [0.2, 0.25) is 0 Å². The molecule has 1 aromatic rings. The number of hydrogen-bond donors (Lipinski definition) is 3. The molecule has 1 rings (SSSR count). The molecule has 18 heavy (non-hydrogen) atoms. The second-order valence-corrected chi connectivity index (χ2v) is 4.60. The molecule has 0 aliphatic rings. The van der Waals surface area contributed by atoms with E-state index < -0.39 is 17.9 Å². The van der Waals surface area contributed by atoms with E-state index in [2.05, 4.69) is 5.32 Å². The fourth-order valence-electron chi connectivity index (χ4n) is 1.33. The highest BCUT2D eigenvalue weighted by Gasteiger charge is 2.21. The Kier molecular flexibility index (Phi) is 5.73. The minimum Gasteiger partial charge on any atom is -0.480 e. The molecule has 0 spiro atoms. The monoisotopic (exact) mass is 272 g/mol. The molecule has 1 aromatic heterocycles. The van der Waals surface area contributed by atoms with E-state index in [0.29, 0.717) is 17.9 Å². The third-order valence-corrected chi connectivity index (χ3v) is 2.94. The summed E-state index contributed by atoms with van der Waals surface area (Å²) in [4.78, 5) is 22.7. The third-order valence-electron chi connectivity index (χ3n) is 2.30. The van der Waals surface area contributed by atoms with Gasteiger partial charge in [0, 0.05) is 0 Å². The number of carbonyl (C=O) groups excluding carboxylic acids is 1. The summed E-state index contributed by atoms with van der Waals surface area (Å²) in [7, 11) is 0. The highest BCUT2D eigenvalue weighted by Crippen LogP contribution is 2.08. The van der Waals surface area contributed by atoms with Crippen LogP contribution in [0.25, 0.3) is 0 Å². The summed E-state index contributed by atoms with van der Waals surface area (Å²) in [6, 6.07) is 2.16. The number of thioether (sulfide) groups is 1. The summed E-state index contributed by atoms with van der Waals surface area (Å²) in [5.41, 5.74) is 5.36. The van der Waals surface area contributed by atoms with Gasteiger partial charge in [-0.1, -0.05) is 0 Å². The van der Waals surface area contributed by atoms with Gasteiger partial charge in [-0.3, -0.25) is 4.79 Å². The molecule has 0 saturated heterocycles. The number of rotatable bonds is 7. The van der Waals surface area contributed by atoms with Crippen molar-refractivity contribution >= 4 is 23.6 Å². The molecule has 0 aromatic carbocycles. The average Bonchev–Trinajstić information content (AvgIpc) is 2.82. The van der Waals surface area contributed by atoms with Crippen molar-refractivity contribution < 1.29 is 19.1 Å². The maximum Gasteiger partial charge on any atom is 0.326 e. The van der Waals surface area contributed by atoms with Crippen LogP contribution < -0.4 is 11.1 Å². The maximum atomic E-state index is 11.7. The summed E-state index contributed by atoms with van der Waals surface area (Å²) in [6.45, 7) is 0.197. The quantitative estimate of drug-likeness (QED) is 0.674. The van der Waals surface area contributed by atoms with Crippen LogP contribution in [0.3, 0.4) is 0 Å². The Bertz CT molecular complexity index is 419. The predicted molar refractivity (Wildman–Crippen MR) is 68.5 cm³/mol. The Hall–Kier alpha value is -1.47. The van der Waals surface area contributed by atoms with Crippen LogP contribution in [-0.2, 0) is 11.3 Å². The van der Waals surface area contributed by atoms with Crippen LogP contribution in [0.15, 0.2) is 16.5 Å². The van der Waals surface area contributed by atoms with E-state index in [1.54, 1.807) is 6.07 Å². The van der Waals surface area contributed by atoms with Crippen LogP contribution in [0.5, 0.6) is 0 Å². The molecule has 0 aliphatic heterocycles. The molecule has 0 bridgehead atoms. The summed E-state index contributed by atoms with van der Waals surface area (Å²) in [6.07, 6.45) is 2.24. The van der Waals surface area contributed by atoms with Crippen molar-refractivity contribution in [1.29, 1.82) is 0 Å². The van der Waals surface area contributed by atoms with Gasteiger partial charge in [-0.2, -0.15) is 11.8 Å². The summed E-state index contributed by atoms with van der Waals surface area (Å²) in [5, 5.41) is 11.4. The molecular formula is C11H16N2O4S. The van der Waals surface area contributed by atoms with Crippen molar-refractivity contribution in [2.75, 3.05) is 12.0 Å². The number of aliphatic carboxylic acids is 1. The molecule has 1 atom stereocenters. The number of carboxylic acids is 1. The SMILES string of the molecule is CSCC[C@H](NC(=O)c1ccc(CN)o1)C(=O)O. The zero-order chi connectivity index (χ0) is 13.5. The van der Waals surface area contributed by atoms with Gasteiger partial charge >= 0.3 is 5.97 Å². The van der Waals surface area contributed by atoms with Gasteiger partial charge in [0.2, 0.25) is 0 Å². The van der Waals surface area contributed by atoms with Crippen LogP contribution in [0.4, 0.5) is 0 Å². The van der Waals surface area contributed by atoms with Crippen LogP contribution in [0, 0.1) is 0 Å². The minimum atomic E-state index is -1.05. The van der Waals surface area contributed by atoms with Crippen LogP contribution in [0.1, 0.15) is 22.7 Å². The Labute approximate surface area is 109 Å². The van der Waals surface area contributed by atoms with Crippen molar-refractivity contribution in [2.45, 2.75) is 19.0 Å². The van der Waals surface area contributed by atoms with Crippen molar-refractivity contribution in [1.82, 2.24) is 5.32 Å². The molecule has 0 unspecified atom stereocenters. The van der Waals surface area contributed by atoms with E-state index in [1.165, 1.54) is 17.8 Å². The largest absolute Gasteiger partial charge is 0.480 e. The first kappa shape index (κ1) is 14.6. The van der Waals surface area contributed by atoms with Gasteiger partial charge in [-0.25, -0.2) is 4.79 Å². The van der Waals surface area contributed by atoms with Crippen molar-refractivity contribution in [2.24, 2.45) is 5.73 Å². The third kappa shape index (κ3) is 4.08. The van der Waals surface area contributed by atoms with Crippen LogP contribution >= 0.6 is 11.8 Å². The molecular weight excluding hydrogens is 256 g/mol. The minimum absolute atomic E-state index is 0.0749. The number of nitrogens with one attached hydrogen (secondary N) is 1. The number of nitrogens with two attached hydrogens (primary N) is 1. The van der Waals surface area contributed by atoms with E-state index in [9.17, 15) is 9.59 Å². The second-order valence-electron chi connectivity index (χ2n) is 3.62. The molecule has 0 fully saturated rings. The van der Waals surface area contributed by atoms with E-state index in [-0.39, 0.29) is 12.3 Å². The standard InChI is InChI=1S/C11H16N2O4S/c1-18-5-4-8(11(15)16)13-10(14)9-3-2-7(6-12)17-9/h2-3,8H,4-6,12H2,1H3,(H,13,14)(H,15,16)/t8-/m0/s1. The van der Waals surface area contributed by atoms with Gasteiger partial charge in [0.1, 0.15) is 11.8 Å². The van der Waals surface area contributed by atoms with Gasteiger partial charge in [0.15, 0.2) is 5.76 Å². The first-order chi connectivity index (χ1) is 8.58. The lowest BCUT2D eigenvalue weighted by molar-refractivity contribution is -0.139. The van der Waals surface area contributed by atoms with E-state index in [4.69, 9.17) is 15.3 Å². The molecule has 0 aliphatic carbocycles. The van der Waals surface area contributed by atoms with Crippen LogP contribution in [-0.4, -0.2) is 35.0 Å². The number of amides is 1. The summed E-state index contributed by atoms with van der Waals surface area (Å²) >= 11 is 1.52. The topological polar surface area (TPSA) is 106 Å². The van der Waals surface area contributed by atoms with Gasteiger partial charge in [-0.05, 0) is 30.6 Å². The average molecular weight is 272 g/mol. The number of hydrogen-bond acceptors (Lipinski definition) is 5. The molecule has 0 radical (unpaired) electrons. The fourth-order valence-corrected chi connectivity index (χ4v) is 1.80. The van der Waals surface area contributed by atoms with E-state index in [1.807, 2.05) is 6.26 Å². The van der Waals surface area contributed by atoms with Crippen molar-refractivity contribution in [3.8, 4) is 0 Å². The number of carbonyl (C=O) groups is 2. The van der Waals surface area contributed by atoms with Crippen molar-refractivity contribution in [3.05, 3.63) is 23.7 Å². The maximum absolute atomic E-state index is 11.7. The van der Waals surface area contributed by atoms with Gasteiger partial charge in [-0.15, -0.1) is 0 Å². The van der Waals surface area contributed by atoms with Crippen molar-refractivity contribution in [3.63, 3.8) is 0 Å². The lowest BCUT2D eigenvalue weighted by Gasteiger charge is -2.12. The first-order valence-electron chi connectivity index (χ1n) is 5.40. The number of carboxylic acid groups (broad SMARTS) is 1. The van der Waals surface area contributed by atoms with Gasteiger partial charge in [0.25, 0.3) is 5.91 Å². The summed E-state index contributed by atoms with van der Waals surface area (Å²) in [5.74, 6) is -0.378. The lowest BCUT2D eigenvalue weighted by atomic mass is 10.2. The Morgan fingerprint density at radius 2 is 2.28 bits per heavy atom. The fraction of sp³-hybridized carbons (Fsp3) is 0.455. The Morgan fingerprint density at radius 1 is 1.56 bits per heavy atom. The highest BCUT2D eigenvalue weighted by atomic mass is 32.2. The number of furan rings is 1. The molecule has 7 heteroatoms. The van der Waals surface area contributed by atoms with E-state index >= 15 is 0 Å². The highest BCUT2D eigenvalue weighted by molar-refractivity contribution is 7.98. The zero-order valence-corrected chi connectivity index (χ0v) is 10.8.